The van der Waals surface area contributed by atoms with E-state index in [-0.39, 0.29) is 17.9 Å². The van der Waals surface area contributed by atoms with E-state index in [0.29, 0.717) is 0 Å². The Hall–Kier alpha value is -1.26. The van der Waals surface area contributed by atoms with Gasteiger partial charge in [-0.05, 0) is 25.7 Å². The van der Waals surface area contributed by atoms with E-state index in [0.717, 1.165) is 25.8 Å². The first-order chi connectivity index (χ1) is 8.51. The van der Waals surface area contributed by atoms with Crippen LogP contribution in [0, 0.1) is 5.92 Å². The van der Waals surface area contributed by atoms with Gasteiger partial charge in [0.05, 0.1) is 7.11 Å². The summed E-state index contributed by atoms with van der Waals surface area (Å²) in [6.07, 6.45) is 2.37. The monoisotopic (exact) mass is 256 g/mol. The van der Waals surface area contributed by atoms with Gasteiger partial charge in [0.1, 0.15) is 6.04 Å². The average molecular weight is 256 g/mol. The van der Waals surface area contributed by atoms with Crippen LogP contribution in [0.25, 0.3) is 0 Å². The molecular weight excluding hydrogens is 232 g/mol. The van der Waals surface area contributed by atoms with Gasteiger partial charge in [-0.1, -0.05) is 20.3 Å². The van der Waals surface area contributed by atoms with Crippen molar-refractivity contribution in [3.63, 3.8) is 0 Å². The molecule has 0 radical (unpaired) electrons. The second-order valence-electron chi connectivity index (χ2n) is 5.02. The largest absolute Gasteiger partial charge is 0.453 e. The first-order valence-electron chi connectivity index (χ1n) is 6.66. The fourth-order valence-electron chi connectivity index (χ4n) is 2.31. The number of alkyl carbamates (subject to hydrolysis) is 1. The minimum absolute atomic E-state index is 0.0137. The molecule has 3 atom stereocenters. The maximum atomic E-state index is 12.5. The molecule has 0 saturated carbocycles. The van der Waals surface area contributed by atoms with E-state index in [2.05, 4.69) is 17.0 Å². The molecule has 5 heteroatoms. The zero-order chi connectivity index (χ0) is 13.7. The Morgan fingerprint density at radius 2 is 2.17 bits per heavy atom. The number of hydrogen-bond donors (Lipinski definition) is 1. The summed E-state index contributed by atoms with van der Waals surface area (Å²) in [5.74, 6) is 0.115. The predicted molar refractivity (Wildman–Crippen MR) is 69.2 cm³/mol. The van der Waals surface area contributed by atoms with Crippen LogP contribution in [0.5, 0.6) is 0 Å². The van der Waals surface area contributed by atoms with Gasteiger partial charge in [0.2, 0.25) is 5.91 Å². The number of nitrogens with zero attached hydrogens (tertiary/aromatic N) is 1. The van der Waals surface area contributed by atoms with E-state index in [9.17, 15) is 9.59 Å². The SMILES string of the molecule is CC[C@H](C)[C@H](NC(=O)OC)C(=O)N1CCC[C@H]1C. The van der Waals surface area contributed by atoms with E-state index < -0.39 is 12.1 Å². The van der Waals surface area contributed by atoms with E-state index in [4.69, 9.17) is 0 Å². The molecule has 1 rings (SSSR count). The van der Waals surface area contributed by atoms with E-state index >= 15 is 0 Å². The second-order valence-corrected chi connectivity index (χ2v) is 5.02. The lowest BCUT2D eigenvalue weighted by Crippen LogP contribution is -2.52. The lowest BCUT2D eigenvalue weighted by molar-refractivity contribution is -0.135. The molecule has 0 aromatic heterocycles. The molecule has 1 aliphatic heterocycles. The molecule has 0 aromatic carbocycles. The van der Waals surface area contributed by atoms with Crippen LogP contribution < -0.4 is 5.32 Å². The van der Waals surface area contributed by atoms with Crippen LogP contribution in [0.2, 0.25) is 0 Å². The number of rotatable bonds is 4. The van der Waals surface area contributed by atoms with Crippen LogP contribution in [-0.2, 0) is 9.53 Å². The van der Waals surface area contributed by atoms with Crippen LogP contribution in [0.4, 0.5) is 4.79 Å². The third-order valence-corrected chi connectivity index (χ3v) is 3.77. The maximum absolute atomic E-state index is 12.5. The molecule has 2 amide bonds. The van der Waals surface area contributed by atoms with Gasteiger partial charge in [-0.2, -0.15) is 0 Å². The summed E-state index contributed by atoms with van der Waals surface area (Å²) in [6.45, 7) is 6.82. The first kappa shape index (κ1) is 14.8. The Balaban J connectivity index is 2.75. The van der Waals surface area contributed by atoms with Crippen molar-refractivity contribution in [3.8, 4) is 0 Å². The molecule has 1 saturated heterocycles. The van der Waals surface area contributed by atoms with Crippen molar-refractivity contribution in [1.82, 2.24) is 10.2 Å². The van der Waals surface area contributed by atoms with Crippen molar-refractivity contribution in [2.24, 2.45) is 5.92 Å². The van der Waals surface area contributed by atoms with Crippen molar-refractivity contribution in [3.05, 3.63) is 0 Å². The fourth-order valence-corrected chi connectivity index (χ4v) is 2.31. The molecule has 104 valence electrons. The van der Waals surface area contributed by atoms with Gasteiger partial charge in [-0.25, -0.2) is 4.79 Å². The molecule has 1 heterocycles. The van der Waals surface area contributed by atoms with Crippen molar-refractivity contribution in [2.45, 2.75) is 52.1 Å². The zero-order valence-corrected chi connectivity index (χ0v) is 11.7. The Morgan fingerprint density at radius 3 is 2.61 bits per heavy atom. The van der Waals surface area contributed by atoms with Gasteiger partial charge in [-0.3, -0.25) is 4.79 Å². The number of nitrogens with one attached hydrogen (secondary N) is 1. The summed E-state index contributed by atoms with van der Waals surface area (Å²) < 4.78 is 4.59. The highest BCUT2D eigenvalue weighted by atomic mass is 16.5. The van der Waals surface area contributed by atoms with Gasteiger partial charge < -0.3 is 15.0 Å². The van der Waals surface area contributed by atoms with Crippen LogP contribution in [0.15, 0.2) is 0 Å². The minimum Gasteiger partial charge on any atom is -0.453 e. The molecule has 1 N–H and O–H groups in total. The van der Waals surface area contributed by atoms with Crippen LogP contribution in [0.1, 0.15) is 40.0 Å². The summed E-state index contributed by atoms with van der Waals surface area (Å²) in [5.41, 5.74) is 0. The highest BCUT2D eigenvalue weighted by molar-refractivity contribution is 5.86. The van der Waals surface area contributed by atoms with Gasteiger partial charge in [-0.15, -0.1) is 0 Å². The van der Waals surface area contributed by atoms with Gasteiger partial charge in [0.25, 0.3) is 0 Å². The highest BCUT2D eigenvalue weighted by Gasteiger charge is 2.34. The molecule has 0 bridgehead atoms. The molecule has 0 aromatic rings. The number of carbonyl (C=O) groups excluding carboxylic acids is 2. The molecule has 1 aliphatic rings. The number of amides is 2. The van der Waals surface area contributed by atoms with Gasteiger partial charge >= 0.3 is 6.09 Å². The van der Waals surface area contributed by atoms with E-state index in [1.807, 2.05) is 18.7 Å². The predicted octanol–water partition coefficient (Wildman–Crippen LogP) is 1.77. The Bertz CT molecular complexity index is 307. The third-order valence-electron chi connectivity index (χ3n) is 3.77. The summed E-state index contributed by atoms with van der Waals surface area (Å²) in [6, 6.07) is -0.216. The van der Waals surface area contributed by atoms with Crippen LogP contribution in [-0.4, -0.2) is 42.6 Å². The number of methoxy groups -OCH3 is 1. The summed E-state index contributed by atoms with van der Waals surface area (Å²) >= 11 is 0. The number of ether oxygens (including phenoxy) is 1. The topological polar surface area (TPSA) is 58.6 Å². The highest BCUT2D eigenvalue weighted by Crippen LogP contribution is 2.20. The summed E-state index contributed by atoms with van der Waals surface area (Å²) in [7, 11) is 1.31. The Kier molecular flexibility index (Phi) is 5.44. The summed E-state index contributed by atoms with van der Waals surface area (Å²) in [5, 5.41) is 2.66. The Morgan fingerprint density at radius 1 is 1.50 bits per heavy atom. The standard InChI is InChI=1S/C13H24N2O3/c1-5-9(2)11(14-13(17)18-4)12(16)15-8-6-7-10(15)3/h9-11H,5-8H2,1-4H3,(H,14,17)/t9-,10+,11-/m0/s1. The lowest BCUT2D eigenvalue weighted by atomic mass is 9.97. The Labute approximate surface area is 109 Å². The maximum Gasteiger partial charge on any atom is 0.407 e. The quantitative estimate of drug-likeness (QED) is 0.834. The lowest BCUT2D eigenvalue weighted by Gasteiger charge is -2.30. The fraction of sp³-hybridized carbons (Fsp3) is 0.846. The van der Waals surface area contributed by atoms with Gasteiger partial charge in [0.15, 0.2) is 0 Å². The van der Waals surface area contributed by atoms with E-state index in [1.165, 1.54) is 7.11 Å². The zero-order valence-electron chi connectivity index (χ0n) is 11.7. The molecule has 0 aliphatic carbocycles. The van der Waals surface area contributed by atoms with Crippen molar-refractivity contribution >= 4 is 12.0 Å². The molecule has 1 fully saturated rings. The minimum atomic E-state index is -0.541. The smallest absolute Gasteiger partial charge is 0.407 e. The van der Waals surface area contributed by atoms with Crippen LogP contribution >= 0.6 is 0 Å². The molecule has 0 spiro atoms. The van der Waals surface area contributed by atoms with Crippen molar-refractivity contribution in [2.75, 3.05) is 13.7 Å². The third kappa shape index (κ3) is 3.37. The van der Waals surface area contributed by atoms with Crippen molar-refractivity contribution in [1.29, 1.82) is 0 Å². The second kappa shape index (κ2) is 6.61. The summed E-state index contributed by atoms with van der Waals surface area (Å²) in [4.78, 5) is 25.7. The molecule has 5 nitrogen and oxygen atoms in total. The molecular formula is C13H24N2O3. The van der Waals surface area contributed by atoms with Gasteiger partial charge in [0, 0.05) is 12.6 Å². The normalized spacial score (nSPS) is 22.4. The van der Waals surface area contributed by atoms with Crippen LogP contribution in [0.3, 0.4) is 0 Å². The number of hydrogen-bond acceptors (Lipinski definition) is 3. The molecule has 0 unspecified atom stereocenters. The first-order valence-corrected chi connectivity index (χ1v) is 6.66. The molecule has 18 heavy (non-hydrogen) atoms. The van der Waals surface area contributed by atoms with Crippen molar-refractivity contribution < 1.29 is 14.3 Å². The average Bonchev–Trinajstić information content (AvgIpc) is 2.80. The number of carbonyl (C=O) groups is 2. The van der Waals surface area contributed by atoms with E-state index in [1.54, 1.807) is 0 Å². The number of likely N-dealkylation sites (tertiary alicyclic amines) is 1.